The van der Waals surface area contributed by atoms with Gasteiger partial charge in [0, 0.05) is 0 Å². The summed E-state index contributed by atoms with van der Waals surface area (Å²) in [7, 11) is 0. The third-order valence-corrected chi connectivity index (χ3v) is 2.17. The van der Waals surface area contributed by atoms with Crippen LogP contribution in [0.1, 0.15) is 23.1 Å². The number of carbonyl (C=O) groups is 1. The van der Waals surface area contributed by atoms with Gasteiger partial charge in [-0.05, 0) is 24.1 Å². The molecule has 1 heterocycles. The van der Waals surface area contributed by atoms with Gasteiger partial charge in [-0.25, -0.2) is 4.98 Å². The number of rotatable bonds is 2. The fourth-order valence-electron chi connectivity index (χ4n) is 1.38. The molecule has 0 saturated heterocycles. The summed E-state index contributed by atoms with van der Waals surface area (Å²) >= 11 is 0. The van der Waals surface area contributed by atoms with E-state index in [-0.39, 0.29) is 5.82 Å². The molecule has 1 aromatic heterocycles. The summed E-state index contributed by atoms with van der Waals surface area (Å²) in [5.74, 6) is -0.674. The van der Waals surface area contributed by atoms with Crippen molar-refractivity contribution in [1.29, 1.82) is 0 Å². The second kappa shape index (κ2) is 3.14. The van der Waals surface area contributed by atoms with E-state index in [4.69, 9.17) is 5.73 Å². The largest absolute Gasteiger partial charge is 0.334 e. The maximum Gasteiger partial charge on any atom is 0.305 e. The SMILES string of the molecule is CCc1ccc2[nH]c(C([NH])=O)nc2c1. The highest BCUT2D eigenvalue weighted by Gasteiger charge is 2.07. The zero-order chi connectivity index (χ0) is 10.1. The molecule has 2 N–H and O–H groups in total. The lowest BCUT2D eigenvalue weighted by Crippen LogP contribution is -2.00. The van der Waals surface area contributed by atoms with Crippen LogP contribution in [-0.4, -0.2) is 15.9 Å². The molecule has 0 aliphatic rings. The Bertz CT molecular complexity index is 487. The van der Waals surface area contributed by atoms with Crippen molar-refractivity contribution in [3.63, 3.8) is 0 Å². The number of amides is 1. The van der Waals surface area contributed by atoms with Gasteiger partial charge in [-0.15, -0.1) is 0 Å². The summed E-state index contributed by atoms with van der Waals surface area (Å²) in [4.78, 5) is 17.6. The maximum absolute atomic E-state index is 10.7. The van der Waals surface area contributed by atoms with E-state index in [0.29, 0.717) is 0 Å². The molecule has 0 unspecified atom stereocenters. The average Bonchev–Trinajstić information content (AvgIpc) is 2.59. The summed E-state index contributed by atoms with van der Waals surface area (Å²) < 4.78 is 0. The Morgan fingerprint density at radius 3 is 3.00 bits per heavy atom. The van der Waals surface area contributed by atoms with Crippen LogP contribution in [-0.2, 0) is 6.42 Å². The zero-order valence-corrected chi connectivity index (χ0v) is 7.79. The molecule has 2 aromatic rings. The Morgan fingerprint density at radius 1 is 1.57 bits per heavy atom. The Balaban J connectivity index is 2.60. The molecule has 0 aliphatic carbocycles. The van der Waals surface area contributed by atoms with E-state index in [0.717, 1.165) is 17.5 Å². The second-order valence-corrected chi connectivity index (χ2v) is 3.12. The number of benzene rings is 1. The van der Waals surface area contributed by atoms with Gasteiger partial charge in [0.25, 0.3) is 0 Å². The number of fused-ring (bicyclic) bond motifs is 1. The van der Waals surface area contributed by atoms with E-state index in [2.05, 4.69) is 16.9 Å². The van der Waals surface area contributed by atoms with Gasteiger partial charge < -0.3 is 4.98 Å². The third kappa shape index (κ3) is 1.35. The summed E-state index contributed by atoms with van der Waals surface area (Å²) in [6.45, 7) is 2.06. The van der Waals surface area contributed by atoms with Crippen LogP contribution >= 0.6 is 0 Å². The normalized spacial score (nSPS) is 10.6. The number of nitrogens with zero attached hydrogens (tertiary/aromatic N) is 1. The minimum atomic E-state index is -0.778. The zero-order valence-electron chi connectivity index (χ0n) is 7.79. The van der Waals surface area contributed by atoms with E-state index in [1.165, 1.54) is 5.56 Å². The van der Waals surface area contributed by atoms with Crippen molar-refractivity contribution in [3.8, 4) is 0 Å². The van der Waals surface area contributed by atoms with Gasteiger partial charge >= 0.3 is 5.91 Å². The molecule has 1 aromatic carbocycles. The Morgan fingerprint density at radius 2 is 2.36 bits per heavy atom. The van der Waals surface area contributed by atoms with Crippen molar-refractivity contribution >= 4 is 16.9 Å². The van der Waals surface area contributed by atoms with Crippen LogP contribution in [0.25, 0.3) is 11.0 Å². The van der Waals surface area contributed by atoms with E-state index < -0.39 is 5.91 Å². The molecule has 0 bridgehead atoms. The lowest BCUT2D eigenvalue weighted by atomic mass is 10.1. The second-order valence-electron chi connectivity index (χ2n) is 3.12. The first-order valence-electron chi connectivity index (χ1n) is 4.45. The molecule has 0 atom stereocenters. The molecule has 2 rings (SSSR count). The maximum atomic E-state index is 10.7. The standard InChI is InChI=1S/C10H10N3O/c1-2-6-3-4-7-8(5-6)13-10(12-7)9(11)14/h3-5,11H,2H2,1H3,(H,12,13). The summed E-state index contributed by atoms with van der Waals surface area (Å²) in [5.41, 5.74) is 9.64. The number of aromatic nitrogens is 2. The van der Waals surface area contributed by atoms with Crippen molar-refractivity contribution in [1.82, 2.24) is 15.7 Å². The molecule has 1 amide bonds. The van der Waals surface area contributed by atoms with E-state index >= 15 is 0 Å². The van der Waals surface area contributed by atoms with E-state index in [1.807, 2.05) is 18.2 Å². The molecule has 0 spiro atoms. The van der Waals surface area contributed by atoms with Crippen LogP contribution < -0.4 is 5.73 Å². The Labute approximate surface area is 81.1 Å². The average molecular weight is 188 g/mol. The van der Waals surface area contributed by atoms with Gasteiger partial charge in [-0.1, -0.05) is 13.0 Å². The van der Waals surface area contributed by atoms with Gasteiger partial charge in [-0.3, -0.25) is 10.5 Å². The molecule has 0 saturated carbocycles. The highest BCUT2D eigenvalue weighted by atomic mass is 16.1. The van der Waals surface area contributed by atoms with Crippen LogP contribution in [0, 0.1) is 0 Å². The highest BCUT2D eigenvalue weighted by Crippen LogP contribution is 2.13. The van der Waals surface area contributed by atoms with Crippen molar-refractivity contribution < 1.29 is 4.79 Å². The number of aromatic amines is 1. The van der Waals surface area contributed by atoms with E-state index in [1.54, 1.807) is 0 Å². The predicted octanol–water partition coefficient (Wildman–Crippen LogP) is 1.55. The number of carbonyl (C=O) groups excluding carboxylic acids is 1. The lowest BCUT2D eigenvalue weighted by molar-refractivity contribution is 0.0983. The van der Waals surface area contributed by atoms with Gasteiger partial charge in [0.2, 0.25) is 0 Å². The number of nitrogens with one attached hydrogen (secondary N) is 2. The number of imidazole rings is 1. The predicted molar refractivity (Wildman–Crippen MR) is 52.9 cm³/mol. The number of H-pyrrole nitrogens is 1. The molecule has 1 radical (unpaired) electrons. The van der Waals surface area contributed by atoms with Crippen LogP contribution in [0.5, 0.6) is 0 Å². The molecule has 4 nitrogen and oxygen atoms in total. The molecule has 0 fully saturated rings. The van der Waals surface area contributed by atoms with E-state index in [9.17, 15) is 4.79 Å². The van der Waals surface area contributed by atoms with Crippen LogP contribution in [0.3, 0.4) is 0 Å². The van der Waals surface area contributed by atoms with Crippen molar-refractivity contribution in [3.05, 3.63) is 29.6 Å². The first-order valence-corrected chi connectivity index (χ1v) is 4.45. The minimum absolute atomic E-state index is 0.105. The fraction of sp³-hybridized carbons (Fsp3) is 0.200. The van der Waals surface area contributed by atoms with Crippen LogP contribution in [0.15, 0.2) is 18.2 Å². The quantitative estimate of drug-likeness (QED) is 0.776. The molecular formula is C10H10N3O. The summed E-state index contributed by atoms with van der Waals surface area (Å²) in [5, 5.41) is 0. The first kappa shape index (κ1) is 8.74. The fourth-order valence-corrected chi connectivity index (χ4v) is 1.38. The van der Waals surface area contributed by atoms with Crippen molar-refractivity contribution in [2.45, 2.75) is 13.3 Å². The third-order valence-electron chi connectivity index (χ3n) is 2.17. The molecular weight excluding hydrogens is 178 g/mol. The number of hydrogen-bond donors (Lipinski definition) is 1. The Hall–Kier alpha value is -1.84. The smallest absolute Gasteiger partial charge is 0.305 e. The van der Waals surface area contributed by atoms with Crippen LogP contribution in [0.4, 0.5) is 0 Å². The van der Waals surface area contributed by atoms with Gasteiger partial charge in [0.15, 0.2) is 5.82 Å². The van der Waals surface area contributed by atoms with Gasteiger partial charge in [-0.2, -0.15) is 0 Å². The molecule has 14 heavy (non-hydrogen) atoms. The Kier molecular flexibility index (Phi) is 1.96. The van der Waals surface area contributed by atoms with Gasteiger partial charge in [0.1, 0.15) is 0 Å². The topological polar surface area (TPSA) is 69.6 Å². The molecule has 71 valence electrons. The lowest BCUT2D eigenvalue weighted by Gasteiger charge is -1.93. The summed E-state index contributed by atoms with van der Waals surface area (Å²) in [6.07, 6.45) is 0.937. The molecule has 4 heteroatoms. The van der Waals surface area contributed by atoms with Crippen molar-refractivity contribution in [2.24, 2.45) is 0 Å². The van der Waals surface area contributed by atoms with Crippen LogP contribution in [0.2, 0.25) is 0 Å². The minimum Gasteiger partial charge on any atom is -0.334 e. The monoisotopic (exact) mass is 188 g/mol. The number of aryl methyl sites for hydroxylation is 1. The van der Waals surface area contributed by atoms with Gasteiger partial charge in [0.05, 0.1) is 11.0 Å². The number of hydrogen-bond acceptors (Lipinski definition) is 2. The molecule has 0 aliphatic heterocycles. The van der Waals surface area contributed by atoms with Crippen molar-refractivity contribution in [2.75, 3.05) is 0 Å². The summed E-state index contributed by atoms with van der Waals surface area (Å²) in [6, 6.07) is 5.80. The first-order chi connectivity index (χ1) is 6.70. The highest BCUT2D eigenvalue weighted by molar-refractivity contribution is 5.92.